The van der Waals surface area contributed by atoms with Gasteiger partial charge in [-0.3, -0.25) is 0 Å². The average Bonchev–Trinajstić information content (AvgIpc) is 2.06. The molecule has 0 bridgehead atoms. The average molecular weight is 174 g/mol. The zero-order valence-corrected chi connectivity index (χ0v) is 8.34. The van der Waals surface area contributed by atoms with E-state index in [1.54, 1.807) is 0 Å². The molecule has 0 amide bonds. The second-order valence-electron chi connectivity index (χ2n) is 3.55. The van der Waals surface area contributed by atoms with E-state index in [-0.39, 0.29) is 18.6 Å². The van der Waals surface area contributed by atoms with Gasteiger partial charge in [-0.2, -0.15) is 0 Å². The van der Waals surface area contributed by atoms with Crippen molar-refractivity contribution in [3.63, 3.8) is 0 Å². The van der Waals surface area contributed by atoms with Gasteiger partial charge in [0.15, 0.2) is 0 Å². The lowest BCUT2D eigenvalue weighted by Gasteiger charge is -2.31. The van der Waals surface area contributed by atoms with Crippen LogP contribution in [0.15, 0.2) is 0 Å². The Morgan fingerprint density at radius 1 is 0.917 bits per heavy atom. The van der Waals surface area contributed by atoms with Crippen LogP contribution in [0.5, 0.6) is 0 Å². The zero-order chi connectivity index (χ0) is 9.45. The largest absolute Gasteiger partial charge is 0.396 e. The van der Waals surface area contributed by atoms with Crippen molar-refractivity contribution in [1.82, 2.24) is 0 Å². The van der Waals surface area contributed by atoms with Crippen molar-refractivity contribution in [2.45, 2.75) is 46.0 Å². The van der Waals surface area contributed by atoms with E-state index < -0.39 is 0 Å². The maximum absolute atomic E-state index is 8.90. The second-order valence-corrected chi connectivity index (χ2v) is 3.55. The number of aliphatic hydroxyl groups excluding tert-OH is 2. The lowest BCUT2D eigenvalue weighted by atomic mass is 9.75. The molecule has 2 nitrogen and oxygen atoms in total. The minimum atomic E-state index is 0.193. The Balaban J connectivity index is 4.06. The summed E-state index contributed by atoms with van der Waals surface area (Å²) in [7, 11) is 0. The lowest BCUT2D eigenvalue weighted by Crippen LogP contribution is -2.22. The summed E-state index contributed by atoms with van der Waals surface area (Å²) >= 11 is 0. The predicted octanol–water partition coefficient (Wildman–Crippen LogP) is 1.95. The highest BCUT2D eigenvalue weighted by atomic mass is 16.3. The van der Waals surface area contributed by atoms with Crippen LogP contribution in [0, 0.1) is 5.41 Å². The van der Waals surface area contributed by atoms with Crippen LogP contribution in [0.25, 0.3) is 0 Å². The van der Waals surface area contributed by atoms with Gasteiger partial charge in [-0.05, 0) is 24.7 Å². The zero-order valence-electron chi connectivity index (χ0n) is 8.34. The Labute approximate surface area is 75.6 Å². The smallest absolute Gasteiger partial charge is 0.0436 e. The third-order valence-corrected chi connectivity index (χ3v) is 2.81. The van der Waals surface area contributed by atoms with Crippen molar-refractivity contribution in [3.05, 3.63) is 0 Å². The maximum Gasteiger partial charge on any atom is 0.0436 e. The molecule has 74 valence electrons. The fourth-order valence-electron chi connectivity index (χ4n) is 1.91. The third kappa shape index (κ3) is 3.55. The quantitative estimate of drug-likeness (QED) is 0.619. The summed E-state index contributed by atoms with van der Waals surface area (Å²) in [6.07, 6.45) is 4.97. The van der Waals surface area contributed by atoms with Gasteiger partial charge in [-0.1, -0.05) is 26.7 Å². The second kappa shape index (κ2) is 6.44. The highest BCUT2D eigenvalue weighted by Crippen LogP contribution is 2.35. The Hall–Kier alpha value is -0.0800. The molecule has 0 radical (unpaired) electrons. The monoisotopic (exact) mass is 174 g/mol. The highest BCUT2D eigenvalue weighted by Gasteiger charge is 2.25. The van der Waals surface area contributed by atoms with Crippen LogP contribution >= 0.6 is 0 Å². The predicted molar refractivity (Wildman–Crippen MR) is 51.0 cm³/mol. The van der Waals surface area contributed by atoms with Gasteiger partial charge in [0.1, 0.15) is 0 Å². The normalized spacial score (nSPS) is 12.0. The molecule has 2 heteroatoms. The van der Waals surface area contributed by atoms with Gasteiger partial charge in [-0.15, -0.1) is 0 Å². The van der Waals surface area contributed by atoms with Crippen LogP contribution in [0.1, 0.15) is 46.0 Å². The first-order valence-electron chi connectivity index (χ1n) is 4.96. The third-order valence-electron chi connectivity index (χ3n) is 2.81. The minimum absolute atomic E-state index is 0.193. The molecule has 0 saturated heterocycles. The molecule has 0 aromatic heterocycles. The molecule has 0 spiro atoms. The number of hydrogen-bond acceptors (Lipinski definition) is 2. The maximum atomic E-state index is 8.90. The van der Waals surface area contributed by atoms with Crippen molar-refractivity contribution in [3.8, 4) is 0 Å². The molecule has 0 heterocycles. The summed E-state index contributed by atoms with van der Waals surface area (Å²) in [6.45, 7) is 4.78. The molecule has 0 aliphatic rings. The van der Waals surface area contributed by atoms with E-state index >= 15 is 0 Å². The van der Waals surface area contributed by atoms with E-state index in [1.165, 1.54) is 0 Å². The van der Waals surface area contributed by atoms with Gasteiger partial charge < -0.3 is 10.2 Å². The van der Waals surface area contributed by atoms with Crippen LogP contribution < -0.4 is 0 Å². The molecule has 0 aromatic carbocycles. The van der Waals surface area contributed by atoms with Crippen molar-refractivity contribution in [2.24, 2.45) is 5.41 Å². The molecule has 0 unspecified atom stereocenters. The first-order chi connectivity index (χ1) is 5.74. The summed E-state index contributed by atoms with van der Waals surface area (Å²) in [5, 5.41) is 17.8. The SMILES string of the molecule is CCCC(CC)(CCO)CCO. The summed E-state index contributed by atoms with van der Waals surface area (Å²) in [5.41, 5.74) is 0.193. The standard InChI is InChI=1S/C10H22O2/c1-3-5-10(4-2,6-8-11)7-9-12/h11-12H,3-9H2,1-2H3. The lowest BCUT2D eigenvalue weighted by molar-refractivity contribution is 0.118. The first-order valence-corrected chi connectivity index (χ1v) is 4.96. The van der Waals surface area contributed by atoms with Gasteiger partial charge in [0, 0.05) is 13.2 Å². The van der Waals surface area contributed by atoms with Crippen molar-refractivity contribution >= 4 is 0 Å². The number of aliphatic hydroxyl groups is 2. The molecule has 2 N–H and O–H groups in total. The van der Waals surface area contributed by atoms with E-state index in [2.05, 4.69) is 13.8 Å². The summed E-state index contributed by atoms with van der Waals surface area (Å²) in [5.74, 6) is 0. The van der Waals surface area contributed by atoms with Gasteiger partial charge in [0.2, 0.25) is 0 Å². The number of rotatable bonds is 7. The van der Waals surface area contributed by atoms with Gasteiger partial charge >= 0.3 is 0 Å². The molecule has 0 atom stereocenters. The fourth-order valence-corrected chi connectivity index (χ4v) is 1.91. The molecule has 12 heavy (non-hydrogen) atoms. The van der Waals surface area contributed by atoms with Gasteiger partial charge in [0.05, 0.1) is 0 Å². The molecular weight excluding hydrogens is 152 g/mol. The Morgan fingerprint density at radius 3 is 1.67 bits per heavy atom. The van der Waals surface area contributed by atoms with Crippen molar-refractivity contribution in [2.75, 3.05) is 13.2 Å². The summed E-state index contributed by atoms with van der Waals surface area (Å²) < 4.78 is 0. The summed E-state index contributed by atoms with van der Waals surface area (Å²) in [6, 6.07) is 0. The Kier molecular flexibility index (Phi) is 6.39. The topological polar surface area (TPSA) is 40.5 Å². The molecule has 0 saturated carbocycles. The van der Waals surface area contributed by atoms with Crippen LogP contribution in [-0.2, 0) is 0 Å². The van der Waals surface area contributed by atoms with Crippen LogP contribution in [0.2, 0.25) is 0 Å². The fraction of sp³-hybridized carbons (Fsp3) is 1.00. The van der Waals surface area contributed by atoms with Crippen LogP contribution in [0.4, 0.5) is 0 Å². The molecular formula is C10H22O2. The van der Waals surface area contributed by atoms with E-state index in [0.717, 1.165) is 32.1 Å². The first kappa shape index (κ1) is 11.9. The number of hydrogen-bond donors (Lipinski definition) is 2. The van der Waals surface area contributed by atoms with E-state index in [9.17, 15) is 0 Å². The van der Waals surface area contributed by atoms with Crippen molar-refractivity contribution in [1.29, 1.82) is 0 Å². The molecule has 0 rings (SSSR count). The Morgan fingerprint density at radius 2 is 1.42 bits per heavy atom. The highest BCUT2D eigenvalue weighted by molar-refractivity contribution is 4.76. The van der Waals surface area contributed by atoms with Crippen LogP contribution in [0.3, 0.4) is 0 Å². The Bertz CT molecular complexity index is 85.0. The van der Waals surface area contributed by atoms with Crippen molar-refractivity contribution < 1.29 is 10.2 Å². The molecule has 0 aliphatic carbocycles. The van der Waals surface area contributed by atoms with Crippen LogP contribution in [-0.4, -0.2) is 23.4 Å². The minimum Gasteiger partial charge on any atom is -0.396 e. The van der Waals surface area contributed by atoms with E-state index in [4.69, 9.17) is 10.2 Å². The van der Waals surface area contributed by atoms with Gasteiger partial charge in [-0.25, -0.2) is 0 Å². The van der Waals surface area contributed by atoms with Gasteiger partial charge in [0.25, 0.3) is 0 Å². The molecule has 0 aliphatic heterocycles. The van der Waals surface area contributed by atoms with E-state index in [0.29, 0.717) is 0 Å². The van der Waals surface area contributed by atoms with E-state index in [1.807, 2.05) is 0 Å². The summed E-state index contributed by atoms with van der Waals surface area (Å²) in [4.78, 5) is 0. The molecule has 0 aromatic rings. The molecule has 0 fully saturated rings.